The average molecular weight is 359 g/mol. The van der Waals surface area contributed by atoms with Gasteiger partial charge in [0, 0.05) is 18.5 Å². The third kappa shape index (κ3) is 3.16. The molecule has 2 fully saturated rings. The van der Waals surface area contributed by atoms with Gasteiger partial charge in [0.05, 0.1) is 5.92 Å². The lowest BCUT2D eigenvalue weighted by Gasteiger charge is -2.43. The van der Waals surface area contributed by atoms with Gasteiger partial charge in [-0.2, -0.15) is 0 Å². The Morgan fingerprint density at radius 2 is 2.08 bits per heavy atom. The zero-order valence-corrected chi connectivity index (χ0v) is 16.8. The van der Waals surface area contributed by atoms with Crippen LogP contribution >= 0.6 is 0 Å². The largest absolute Gasteiger partial charge is 0.461 e. The van der Waals surface area contributed by atoms with Crippen molar-refractivity contribution in [2.75, 3.05) is 33.7 Å². The molecule has 0 aromatic carbocycles. The Kier molecular flexibility index (Phi) is 4.77. The Morgan fingerprint density at radius 3 is 2.81 bits per heavy atom. The second kappa shape index (κ2) is 6.79. The van der Waals surface area contributed by atoms with Crippen LogP contribution < -0.4 is 0 Å². The molecule has 26 heavy (non-hydrogen) atoms. The first kappa shape index (κ1) is 18.2. The maximum atomic E-state index is 12.7. The number of ether oxygens (including phenoxy) is 1. The van der Waals surface area contributed by atoms with E-state index in [2.05, 4.69) is 49.9 Å². The maximum absolute atomic E-state index is 12.7. The molecule has 4 rings (SSSR count). The van der Waals surface area contributed by atoms with Gasteiger partial charge in [0.25, 0.3) is 0 Å². The third-order valence-electron chi connectivity index (χ3n) is 7.49. The van der Waals surface area contributed by atoms with E-state index in [0.29, 0.717) is 6.04 Å². The van der Waals surface area contributed by atoms with Gasteiger partial charge in [-0.3, -0.25) is 4.79 Å². The summed E-state index contributed by atoms with van der Waals surface area (Å²) >= 11 is 0. The van der Waals surface area contributed by atoms with Crippen molar-refractivity contribution in [3.63, 3.8) is 0 Å². The summed E-state index contributed by atoms with van der Waals surface area (Å²) < 4.78 is 5.89. The molecule has 0 bridgehead atoms. The number of hydrogen-bond acceptors (Lipinski definition) is 4. The van der Waals surface area contributed by atoms with Crippen molar-refractivity contribution in [3.05, 3.63) is 23.3 Å². The minimum absolute atomic E-state index is 0.00330. The molecule has 0 spiro atoms. The van der Waals surface area contributed by atoms with Crippen LogP contribution in [0.2, 0.25) is 0 Å². The predicted molar refractivity (Wildman–Crippen MR) is 104 cm³/mol. The van der Waals surface area contributed by atoms with E-state index in [0.717, 1.165) is 32.5 Å². The number of piperidine rings is 1. The van der Waals surface area contributed by atoms with Crippen LogP contribution in [0.1, 0.15) is 46.0 Å². The van der Waals surface area contributed by atoms with Gasteiger partial charge in [-0.25, -0.2) is 0 Å². The van der Waals surface area contributed by atoms with Crippen molar-refractivity contribution < 1.29 is 9.53 Å². The fraction of sp³-hybridized carbons (Fsp3) is 0.773. The van der Waals surface area contributed by atoms with Crippen molar-refractivity contribution in [1.82, 2.24) is 9.80 Å². The van der Waals surface area contributed by atoms with Crippen LogP contribution in [0.3, 0.4) is 0 Å². The summed E-state index contributed by atoms with van der Waals surface area (Å²) in [4.78, 5) is 17.5. The second-order valence-corrected chi connectivity index (χ2v) is 9.40. The topological polar surface area (TPSA) is 32.8 Å². The molecule has 4 heteroatoms. The molecule has 4 aliphatic rings. The lowest BCUT2D eigenvalue weighted by atomic mass is 9.62. The summed E-state index contributed by atoms with van der Waals surface area (Å²) in [6.45, 7) is 7.74. The molecule has 2 heterocycles. The maximum Gasteiger partial charge on any atom is 0.311 e. The van der Waals surface area contributed by atoms with Gasteiger partial charge < -0.3 is 14.5 Å². The molecule has 144 valence electrons. The number of esters is 1. The van der Waals surface area contributed by atoms with Gasteiger partial charge in [0.1, 0.15) is 6.10 Å². The number of rotatable bonds is 3. The summed E-state index contributed by atoms with van der Waals surface area (Å²) in [5, 5.41) is 0. The highest BCUT2D eigenvalue weighted by molar-refractivity contribution is 5.76. The van der Waals surface area contributed by atoms with E-state index >= 15 is 0 Å². The summed E-state index contributed by atoms with van der Waals surface area (Å²) in [6.07, 6.45) is 10.6. The lowest BCUT2D eigenvalue weighted by Crippen LogP contribution is -2.45. The minimum atomic E-state index is -0.00330. The van der Waals surface area contributed by atoms with E-state index in [1.54, 1.807) is 0 Å². The highest BCUT2D eigenvalue weighted by Crippen LogP contribution is 2.52. The Balaban J connectivity index is 1.51. The van der Waals surface area contributed by atoms with Gasteiger partial charge in [-0.1, -0.05) is 24.6 Å². The molecule has 0 saturated carbocycles. The molecule has 0 aromatic rings. The van der Waals surface area contributed by atoms with E-state index in [9.17, 15) is 4.79 Å². The molecular weight excluding hydrogens is 324 g/mol. The smallest absolute Gasteiger partial charge is 0.311 e. The van der Waals surface area contributed by atoms with Crippen molar-refractivity contribution in [2.45, 2.75) is 58.1 Å². The van der Waals surface area contributed by atoms with Gasteiger partial charge in [-0.15, -0.1) is 0 Å². The summed E-state index contributed by atoms with van der Waals surface area (Å²) in [5.41, 5.74) is 3.09. The Bertz CT molecular complexity index is 632. The summed E-state index contributed by atoms with van der Waals surface area (Å²) in [5.74, 6) is 0.276. The number of carbonyl (C=O) groups excluding carboxylic acids is 1. The van der Waals surface area contributed by atoms with Crippen LogP contribution in [0.5, 0.6) is 0 Å². The Hall–Kier alpha value is -1.13. The first-order valence-corrected chi connectivity index (χ1v) is 10.4. The molecular formula is C22H34N2O2. The molecule has 2 saturated heterocycles. The van der Waals surface area contributed by atoms with Crippen LogP contribution in [-0.4, -0.2) is 61.6 Å². The monoisotopic (exact) mass is 358 g/mol. The molecule has 0 N–H and O–H groups in total. The molecule has 2 aliphatic carbocycles. The van der Waals surface area contributed by atoms with Crippen LogP contribution in [0.25, 0.3) is 0 Å². The zero-order chi connectivity index (χ0) is 18.5. The number of hydrogen-bond donors (Lipinski definition) is 0. The summed E-state index contributed by atoms with van der Waals surface area (Å²) in [6, 6.07) is 0.593. The van der Waals surface area contributed by atoms with Crippen LogP contribution in [0, 0.1) is 17.3 Å². The minimum Gasteiger partial charge on any atom is -0.461 e. The molecule has 0 amide bonds. The van der Waals surface area contributed by atoms with Crippen LogP contribution in [0.15, 0.2) is 23.3 Å². The van der Waals surface area contributed by atoms with Gasteiger partial charge in [0.15, 0.2) is 0 Å². The van der Waals surface area contributed by atoms with Crippen molar-refractivity contribution in [2.24, 2.45) is 17.3 Å². The highest BCUT2D eigenvalue weighted by atomic mass is 16.6. The number of allylic oxidation sites excluding steroid dienone is 3. The Labute approximate surface area is 158 Å². The molecule has 4 atom stereocenters. The number of carbonyl (C=O) groups is 1. The first-order chi connectivity index (χ1) is 12.4. The van der Waals surface area contributed by atoms with Crippen LogP contribution in [0.4, 0.5) is 0 Å². The van der Waals surface area contributed by atoms with Crippen molar-refractivity contribution >= 4 is 5.97 Å². The molecule has 2 aliphatic heterocycles. The zero-order valence-electron chi connectivity index (χ0n) is 16.8. The van der Waals surface area contributed by atoms with Gasteiger partial charge >= 0.3 is 5.97 Å². The standard InChI is InChI=1S/C22H34N2O2/c1-15-6-5-9-22(2)13-20-17(12-19(15)22)18(21(25)26-20)14-24(4)16-7-10-23(3)11-8-16/h6,12,16-18,20H,5,7-11,13-14H2,1-4H3. The van der Waals surface area contributed by atoms with Crippen molar-refractivity contribution in [1.29, 1.82) is 0 Å². The average Bonchev–Trinajstić information content (AvgIpc) is 2.88. The van der Waals surface area contributed by atoms with Gasteiger partial charge in [-0.05, 0) is 77.2 Å². The van der Waals surface area contributed by atoms with E-state index in [1.807, 2.05) is 0 Å². The van der Waals surface area contributed by atoms with E-state index in [4.69, 9.17) is 4.74 Å². The normalized spacial score (nSPS) is 38.5. The number of fused-ring (bicyclic) bond motifs is 2. The van der Waals surface area contributed by atoms with E-state index in [1.165, 1.54) is 30.4 Å². The summed E-state index contributed by atoms with van der Waals surface area (Å²) in [7, 11) is 4.39. The van der Waals surface area contributed by atoms with Crippen molar-refractivity contribution in [3.8, 4) is 0 Å². The quantitative estimate of drug-likeness (QED) is 0.725. The molecule has 0 aromatic heterocycles. The highest BCUT2D eigenvalue weighted by Gasteiger charge is 2.51. The fourth-order valence-corrected chi connectivity index (χ4v) is 5.73. The number of likely N-dealkylation sites (tertiary alicyclic amines) is 1. The first-order valence-electron chi connectivity index (χ1n) is 10.4. The predicted octanol–water partition coefficient (Wildman–Crippen LogP) is 3.25. The Morgan fingerprint density at radius 1 is 1.35 bits per heavy atom. The lowest BCUT2D eigenvalue weighted by molar-refractivity contribution is -0.145. The van der Waals surface area contributed by atoms with E-state index in [-0.39, 0.29) is 29.3 Å². The number of nitrogens with zero attached hydrogens (tertiary/aromatic N) is 2. The second-order valence-electron chi connectivity index (χ2n) is 9.40. The van der Waals surface area contributed by atoms with Crippen LogP contribution in [-0.2, 0) is 9.53 Å². The van der Waals surface area contributed by atoms with E-state index < -0.39 is 0 Å². The van der Waals surface area contributed by atoms with Gasteiger partial charge in [0.2, 0.25) is 0 Å². The fourth-order valence-electron chi connectivity index (χ4n) is 5.73. The molecule has 0 radical (unpaired) electrons. The SMILES string of the molecule is CC1=CCCC2(C)CC3OC(=O)C(CN(C)C4CCN(C)CC4)C3C=C12. The molecule has 4 unspecified atom stereocenters. The third-order valence-corrected chi connectivity index (χ3v) is 7.49. The molecule has 4 nitrogen and oxygen atoms in total.